The van der Waals surface area contributed by atoms with Gasteiger partial charge in [0.1, 0.15) is 11.5 Å². The standard InChI is InChI=1S/C21H20ClF4N3O5S/c1-28-15(21(24,25)26)7-16(30)29(19(28)33)14-6-13(11(22)5-12(14)23)27-9-18(32)35-10-20(3-4-20)8-17(31)34-2/h5-7,27H,3-4,8-10H2,1-2H3. The molecule has 1 heterocycles. The highest BCUT2D eigenvalue weighted by atomic mass is 35.5. The number of rotatable bonds is 8. The molecule has 3 rings (SSSR count). The molecule has 0 saturated heterocycles. The van der Waals surface area contributed by atoms with Crippen molar-refractivity contribution >= 4 is 40.1 Å². The first-order chi connectivity index (χ1) is 16.3. The minimum atomic E-state index is -4.97. The number of nitrogens with zero attached hydrogens (tertiary/aromatic N) is 2. The predicted octanol–water partition coefficient (Wildman–Crippen LogP) is 3.36. The number of ether oxygens (including phenoxy) is 1. The second kappa shape index (κ2) is 10.1. The Morgan fingerprint density at radius 3 is 2.46 bits per heavy atom. The van der Waals surface area contributed by atoms with Crippen LogP contribution in [0, 0.1) is 11.2 Å². The van der Waals surface area contributed by atoms with Gasteiger partial charge in [0.15, 0.2) is 0 Å². The van der Waals surface area contributed by atoms with Gasteiger partial charge < -0.3 is 10.1 Å². The summed E-state index contributed by atoms with van der Waals surface area (Å²) in [6, 6.07) is 1.92. The van der Waals surface area contributed by atoms with Crippen LogP contribution in [0.1, 0.15) is 25.0 Å². The van der Waals surface area contributed by atoms with Crippen molar-refractivity contribution in [3.8, 4) is 5.69 Å². The Morgan fingerprint density at radius 1 is 1.23 bits per heavy atom. The fraction of sp³-hybridized carbons (Fsp3) is 0.429. The van der Waals surface area contributed by atoms with Crippen molar-refractivity contribution in [2.45, 2.75) is 25.4 Å². The van der Waals surface area contributed by atoms with E-state index in [1.165, 1.54) is 7.11 Å². The number of alkyl halides is 3. The van der Waals surface area contributed by atoms with Crippen molar-refractivity contribution in [3.63, 3.8) is 0 Å². The van der Waals surface area contributed by atoms with Gasteiger partial charge in [-0.3, -0.25) is 19.0 Å². The minimum Gasteiger partial charge on any atom is -0.469 e. The molecule has 0 radical (unpaired) electrons. The van der Waals surface area contributed by atoms with Gasteiger partial charge in [0.25, 0.3) is 5.56 Å². The number of aromatic nitrogens is 2. The monoisotopic (exact) mass is 537 g/mol. The van der Waals surface area contributed by atoms with Crippen molar-refractivity contribution < 1.29 is 31.9 Å². The minimum absolute atomic E-state index is 0.0124. The number of carbonyl (C=O) groups excluding carboxylic acids is 2. The molecule has 1 fully saturated rings. The first kappa shape index (κ1) is 26.8. The number of esters is 1. The second-order valence-electron chi connectivity index (χ2n) is 8.09. The molecule has 1 saturated carbocycles. The molecule has 0 unspecified atom stereocenters. The maximum Gasteiger partial charge on any atom is 0.431 e. The highest BCUT2D eigenvalue weighted by molar-refractivity contribution is 8.13. The van der Waals surface area contributed by atoms with Gasteiger partial charge in [-0.15, -0.1) is 0 Å². The van der Waals surface area contributed by atoms with Gasteiger partial charge in [0.2, 0.25) is 5.12 Å². The zero-order valence-corrected chi connectivity index (χ0v) is 20.1. The fourth-order valence-electron chi connectivity index (χ4n) is 3.34. The maximum absolute atomic E-state index is 14.6. The summed E-state index contributed by atoms with van der Waals surface area (Å²) in [5, 5.41) is 2.19. The van der Waals surface area contributed by atoms with Crippen LogP contribution in [-0.2, 0) is 27.5 Å². The number of hydrogen-bond donors (Lipinski definition) is 1. The number of nitrogens with one attached hydrogen (secondary N) is 1. The number of anilines is 1. The van der Waals surface area contributed by atoms with E-state index in [9.17, 15) is 36.7 Å². The van der Waals surface area contributed by atoms with Gasteiger partial charge in [-0.05, 0) is 30.4 Å². The normalized spacial score (nSPS) is 14.5. The van der Waals surface area contributed by atoms with Crippen LogP contribution in [-0.4, -0.2) is 39.6 Å². The third kappa shape index (κ3) is 6.07. The van der Waals surface area contributed by atoms with Crippen molar-refractivity contribution in [1.82, 2.24) is 9.13 Å². The summed E-state index contributed by atoms with van der Waals surface area (Å²) in [5.41, 5.74) is -5.21. The topological polar surface area (TPSA) is 99.4 Å². The first-order valence-electron chi connectivity index (χ1n) is 10.1. The number of carbonyl (C=O) groups is 2. The highest BCUT2D eigenvalue weighted by Crippen LogP contribution is 2.51. The average molecular weight is 538 g/mol. The van der Waals surface area contributed by atoms with Crippen LogP contribution in [0.25, 0.3) is 5.69 Å². The van der Waals surface area contributed by atoms with Gasteiger partial charge in [0, 0.05) is 18.9 Å². The molecule has 2 aromatic rings. The highest BCUT2D eigenvalue weighted by Gasteiger charge is 2.45. The SMILES string of the molecule is COC(=O)CC1(CSC(=O)CNc2cc(-n3c(=O)cc(C(F)(F)F)n(C)c3=O)c(F)cc2Cl)CC1. The van der Waals surface area contributed by atoms with E-state index in [0.29, 0.717) is 5.75 Å². The van der Waals surface area contributed by atoms with E-state index in [-0.39, 0.29) is 55.4 Å². The summed E-state index contributed by atoms with van der Waals surface area (Å²) in [6.45, 7) is -0.260. The third-order valence-electron chi connectivity index (χ3n) is 5.55. The molecule has 0 aliphatic heterocycles. The molecule has 35 heavy (non-hydrogen) atoms. The van der Waals surface area contributed by atoms with Crippen LogP contribution >= 0.6 is 23.4 Å². The van der Waals surface area contributed by atoms with Gasteiger partial charge >= 0.3 is 17.8 Å². The quantitative estimate of drug-likeness (QED) is 0.407. The summed E-state index contributed by atoms with van der Waals surface area (Å²) in [7, 11) is 2.09. The Kier molecular flexibility index (Phi) is 7.70. The molecule has 1 N–H and O–H groups in total. The molecule has 8 nitrogen and oxygen atoms in total. The van der Waals surface area contributed by atoms with Gasteiger partial charge in [-0.25, -0.2) is 13.8 Å². The second-order valence-corrected chi connectivity index (χ2v) is 9.53. The molecule has 0 amide bonds. The molecule has 0 bridgehead atoms. The van der Waals surface area contributed by atoms with Crippen LogP contribution in [0.4, 0.5) is 23.2 Å². The number of thioether (sulfide) groups is 1. The van der Waals surface area contributed by atoms with E-state index in [1.54, 1.807) is 0 Å². The van der Waals surface area contributed by atoms with Gasteiger partial charge in [-0.1, -0.05) is 23.4 Å². The van der Waals surface area contributed by atoms with Crippen LogP contribution < -0.4 is 16.6 Å². The lowest BCUT2D eigenvalue weighted by atomic mass is 10.1. The predicted molar refractivity (Wildman–Crippen MR) is 122 cm³/mol. The van der Waals surface area contributed by atoms with E-state index in [1.807, 2.05) is 0 Å². The average Bonchev–Trinajstić information content (AvgIpc) is 3.54. The summed E-state index contributed by atoms with van der Waals surface area (Å²) in [4.78, 5) is 48.6. The van der Waals surface area contributed by atoms with Crippen LogP contribution in [0.5, 0.6) is 0 Å². The molecule has 1 aliphatic carbocycles. The molecule has 1 aromatic carbocycles. The lowest BCUT2D eigenvalue weighted by Gasteiger charge is -2.16. The number of benzene rings is 1. The van der Waals surface area contributed by atoms with E-state index in [4.69, 9.17) is 11.6 Å². The lowest BCUT2D eigenvalue weighted by molar-refractivity contribution is -0.144. The van der Waals surface area contributed by atoms with Gasteiger partial charge in [0.05, 0.1) is 36.5 Å². The Labute approximate surface area is 205 Å². The van der Waals surface area contributed by atoms with E-state index >= 15 is 0 Å². The van der Waals surface area contributed by atoms with Gasteiger partial charge in [-0.2, -0.15) is 13.2 Å². The number of methoxy groups -OCH3 is 1. The van der Waals surface area contributed by atoms with Crippen LogP contribution in [0.3, 0.4) is 0 Å². The zero-order chi connectivity index (χ0) is 26.1. The Hall–Kier alpha value is -2.80. The van der Waals surface area contributed by atoms with Crippen molar-refractivity contribution in [3.05, 3.63) is 55.6 Å². The Bertz CT molecular complexity index is 1290. The van der Waals surface area contributed by atoms with Crippen molar-refractivity contribution in [2.75, 3.05) is 24.7 Å². The zero-order valence-electron chi connectivity index (χ0n) is 18.5. The largest absolute Gasteiger partial charge is 0.469 e. The van der Waals surface area contributed by atoms with Crippen molar-refractivity contribution in [1.29, 1.82) is 0 Å². The molecule has 190 valence electrons. The molecule has 14 heteroatoms. The van der Waals surface area contributed by atoms with E-state index < -0.39 is 34.6 Å². The lowest BCUT2D eigenvalue weighted by Crippen LogP contribution is -2.41. The molecule has 1 aliphatic rings. The number of hydrogen-bond acceptors (Lipinski definition) is 7. The third-order valence-corrected chi connectivity index (χ3v) is 7.09. The number of halogens is 5. The summed E-state index contributed by atoms with van der Waals surface area (Å²) in [5.74, 6) is -1.08. The molecular weight excluding hydrogens is 518 g/mol. The summed E-state index contributed by atoms with van der Waals surface area (Å²) >= 11 is 7.01. The smallest absolute Gasteiger partial charge is 0.431 e. The molecule has 0 spiro atoms. The molecule has 0 atom stereocenters. The van der Waals surface area contributed by atoms with Crippen LogP contribution in [0.15, 0.2) is 27.8 Å². The first-order valence-corrected chi connectivity index (χ1v) is 11.5. The molecular formula is C21H20ClF4N3O5S. The summed E-state index contributed by atoms with van der Waals surface area (Å²) in [6.07, 6.45) is -3.17. The molecule has 1 aromatic heterocycles. The van der Waals surface area contributed by atoms with E-state index in [2.05, 4.69) is 10.1 Å². The van der Waals surface area contributed by atoms with Crippen molar-refractivity contribution in [2.24, 2.45) is 12.5 Å². The maximum atomic E-state index is 14.6. The van der Waals surface area contributed by atoms with E-state index in [0.717, 1.165) is 43.8 Å². The summed E-state index contributed by atoms with van der Waals surface area (Å²) < 4.78 is 58.9. The van der Waals surface area contributed by atoms with Crippen LogP contribution in [0.2, 0.25) is 5.02 Å². The Morgan fingerprint density at radius 2 is 1.89 bits per heavy atom. The Balaban J connectivity index is 1.79. The fourth-order valence-corrected chi connectivity index (χ4v) is 4.59.